The Balaban J connectivity index is 2.07. The lowest BCUT2D eigenvalue weighted by atomic mass is 10.2. The first-order valence-corrected chi connectivity index (χ1v) is 7.02. The fourth-order valence-electron chi connectivity index (χ4n) is 1.78. The van der Waals surface area contributed by atoms with Crippen LogP contribution >= 0.6 is 11.8 Å². The van der Waals surface area contributed by atoms with Gasteiger partial charge in [-0.15, -0.1) is 5.10 Å². The third-order valence-electron chi connectivity index (χ3n) is 3.01. The summed E-state index contributed by atoms with van der Waals surface area (Å²) in [6, 6.07) is 0.327. The minimum absolute atomic E-state index is 0.0827. The maximum Gasteiger partial charge on any atom is 0.293 e. The number of aromatic amines is 1. The molecule has 5 nitrogen and oxygen atoms in total. The quantitative estimate of drug-likeness (QED) is 0.888. The van der Waals surface area contributed by atoms with E-state index in [0.29, 0.717) is 6.04 Å². The average molecular weight is 254 g/mol. The highest BCUT2D eigenvalue weighted by Gasteiger charge is 2.27. The molecule has 1 aliphatic heterocycles. The van der Waals surface area contributed by atoms with Gasteiger partial charge in [-0.3, -0.25) is 9.89 Å². The molecule has 0 aliphatic carbocycles. The third kappa shape index (κ3) is 2.62. The standard InChI is InChI=1S/C11H18N4OS/c1-7(2)9-12-10(14-13-9)11(16)15(3)8-4-5-17-6-8/h7-8H,4-6H2,1-3H3,(H,12,13,14). The first kappa shape index (κ1) is 12.4. The van der Waals surface area contributed by atoms with Crippen LogP contribution in [0.5, 0.6) is 0 Å². The van der Waals surface area contributed by atoms with Crippen molar-refractivity contribution < 1.29 is 4.79 Å². The molecule has 1 aromatic rings. The molecule has 6 heteroatoms. The largest absolute Gasteiger partial charge is 0.335 e. The molecule has 94 valence electrons. The molecule has 1 atom stereocenters. The second kappa shape index (κ2) is 5.08. The maximum absolute atomic E-state index is 12.1. The molecule has 1 saturated heterocycles. The first-order valence-electron chi connectivity index (χ1n) is 5.86. The minimum Gasteiger partial charge on any atom is -0.335 e. The second-order valence-electron chi connectivity index (χ2n) is 4.63. The van der Waals surface area contributed by atoms with Crippen molar-refractivity contribution in [1.29, 1.82) is 0 Å². The highest BCUT2D eigenvalue weighted by Crippen LogP contribution is 2.22. The summed E-state index contributed by atoms with van der Waals surface area (Å²) >= 11 is 1.89. The molecule has 1 fully saturated rings. The molecule has 0 radical (unpaired) electrons. The summed E-state index contributed by atoms with van der Waals surface area (Å²) in [5.74, 6) is 3.38. The summed E-state index contributed by atoms with van der Waals surface area (Å²) in [5, 5.41) is 6.81. The third-order valence-corrected chi connectivity index (χ3v) is 4.16. The molecular weight excluding hydrogens is 236 g/mol. The Morgan fingerprint density at radius 1 is 1.59 bits per heavy atom. The van der Waals surface area contributed by atoms with Gasteiger partial charge in [-0.25, -0.2) is 4.98 Å². The van der Waals surface area contributed by atoms with E-state index in [1.165, 1.54) is 0 Å². The number of hydrogen-bond donors (Lipinski definition) is 1. The van der Waals surface area contributed by atoms with Gasteiger partial charge in [0.05, 0.1) is 0 Å². The Morgan fingerprint density at radius 2 is 2.35 bits per heavy atom. The van der Waals surface area contributed by atoms with E-state index in [1.807, 2.05) is 32.7 Å². The predicted octanol–water partition coefficient (Wildman–Crippen LogP) is 1.51. The zero-order chi connectivity index (χ0) is 12.4. The smallest absolute Gasteiger partial charge is 0.293 e. The number of hydrogen-bond acceptors (Lipinski definition) is 4. The van der Waals surface area contributed by atoms with E-state index in [-0.39, 0.29) is 17.6 Å². The number of carbonyl (C=O) groups excluding carboxylic acids is 1. The summed E-state index contributed by atoms with van der Waals surface area (Å²) in [4.78, 5) is 18.1. The number of nitrogens with zero attached hydrogens (tertiary/aromatic N) is 3. The summed E-state index contributed by atoms with van der Waals surface area (Å²) in [5.41, 5.74) is 0. The van der Waals surface area contributed by atoms with Crippen LogP contribution in [-0.4, -0.2) is 50.6 Å². The number of aromatic nitrogens is 3. The van der Waals surface area contributed by atoms with Crippen LogP contribution in [0, 0.1) is 0 Å². The molecule has 0 spiro atoms. The Morgan fingerprint density at radius 3 is 2.88 bits per heavy atom. The van der Waals surface area contributed by atoms with Crippen molar-refractivity contribution in [3.8, 4) is 0 Å². The van der Waals surface area contributed by atoms with Gasteiger partial charge in [0.15, 0.2) is 0 Å². The zero-order valence-electron chi connectivity index (χ0n) is 10.4. The number of amides is 1. The van der Waals surface area contributed by atoms with Gasteiger partial charge in [0.1, 0.15) is 5.82 Å². The van der Waals surface area contributed by atoms with E-state index < -0.39 is 0 Å². The molecule has 0 aromatic carbocycles. The number of carbonyl (C=O) groups is 1. The van der Waals surface area contributed by atoms with Crippen molar-refractivity contribution in [2.45, 2.75) is 32.2 Å². The molecule has 1 aromatic heterocycles. The number of thioether (sulfide) groups is 1. The van der Waals surface area contributed by atoms with Crippen molar-refractivity contribution in [2.75, 3.05) is 18.6 Å². The Kier molecular flexibility index (Phi) is 3.71. The van der Waals surface area contributed by atoms with Crippen LogP contribution < -0.4 is 0 Å². The average Bonchev–Trinajstić information content (AvgIpc) is 2.97. The molecule has 1 unspecified atom stereocenters. The van der Waals surface area contributed by atoms with Crippen molar-refractivity contribution in [3.63, 3.8) is 0 Å². The normalized spacial score (nSPS) is 19.9. The van der Waals surface area contributed by atoms with Crippen molar-refractivity contribution in [2.24, 2.45) is 0 Å². The summed E-state index contributed by atoms with van der Waals surface area (Å²) in [6.45, 7) is 4.04. The number of nitrogens with one attached hydrogen (secondary N) is 1. The van der Waals surface area contributed by atoms with Crippen molar-refractivity contribution >= 4 is 17.7 Å². The predicted molar refractivity (Wildman–Crippen MR) is 68.3 cm³/mol. The van der Waals surface area contributed by atoms with Crippen LogP contribution in [0.25, 0.3) is 0 Å². The molecule has 2 rings (SSSR count). The van der Waals surface area contributed by atoms with Crippen molar-refractivity contribution in [1.82, 2.24) is 20.1 Å². The molecular formula is C11H18N4OS. The Bertz CT molecular complexity index is 398. The molecule has 0 bridgehead atoms. The van der Waals surface area contributed by atoms with E-state index >= 15 is 0 Å². The summed E-state index contributed by atoms with van der Waals surface area (Å²) in [6.07, 6.45) is 1.06. The van der Waals surface area contributed by atoms with Gasteiger partial charge < -0.3 is 4.90 Å². The topological polar surface area (TPSA) is 61.9 Å². The Labute approximate surface area is 105 Å². The van der Waals surface area contributed by atoms with Crippen molar-refractivity contribution in [3.05, 3.63) is 11.6 Å². The number of rotatable bonds is 3. The van der Waals surface area contributed by atoms with Gasteiger partial charge in [0, 0.05) is 24.8 Å². The lowest BCUT2D eigenvalue weighted by Crippen LogP contribution is -2.37. The molecule has 1 N–H and O–H groups in total. The van der Waals surface area contributed by atoms with Gasteiger partial charge in [-0.05, 0) is 12.2 Å². The van der Waals surface area contributed by atoms with Crippen LogP contribution in [0.4, 0.5) is 0 Å². The minimum atomic E-state index is -0.0827. The van der Waals surface area contributed by atoms with Crippen LogP contribution in [0.1, 0.15) is 42.6 Å². The zero-order valence-corrected chi connectivity index (χ0v) is 11.3. The van der Waals surface area contributed by atoms with Gasteiger partial charge in [0.25, 0.3) is 5.91 Å². The van der Waals surface area contributed by atoms with E-state index in [1.54, 1.807) is 4.90 Å². The van der Waals surface area contributed by atoms with Crippen LogP contribution in [0.3, 0.4) is 0 Å². The highest BCUT2D eigenvalue weighted by atomic mass is 32.2. The fraction of sp³-hybridized carbons (Fsp3) is 0.727. The summed E-state index contributed by atoms with van der Waals surface area (Å²) in [7, 11) is 1.84. The fourth-order valence-corrected chi connectivity index (χ4v) is 3.05. The van der Waals surface area contributed by atoms with E-state index in [4.69, 9.17) is 0 Å². The van der Waals surface area contributed by atoms with Gasteiger partial charge in [-0.1, -0.05) is 13.8 Å². The molecule has 2 heterocycles. The SMILES string of the molecule is CC(C)c1nc(C(=O)N(C)C2CCSC2)n[nH]1. The van der Waals surface area contributed by atoms with Gasteiger partial charge >= 0.3 is 0 Å². The monoisotopic (exact) mass is 254 g/mol. The second-order valence-corrected chi connectivity index (χ2v) is 5.78. The van der Waals surface area contributed by atoms with Crippen LogP contribution in [0.2, 0.25) is 0 Å². The lowest BCUT2D eigenvalue weighted by Gasteiger charge is -2.22. The molecule has 0 saturated carbocycles. The van der Waals surface area contributed by atoms with E-state index in [0.717, 1.165) is 23.8 Å². The van der Waals surface area contributed by atoms with E-state index in [9.17, 15) is 4.79 Å². The highest BCUT2D eigenvalue weighted by molar-refractivity contribution is 7.99. The molecule has 1 amide bonds. The molecule has 1 aliphatic rings. The van der Waals surface area contributed by atoms with Crippen LogP contribution in [-0.2, 0) is 0 Å². The lowest BCUT2D eigenvalue weighted by molar-refractivity contribution is 0.0736. The molecule has 17 heavy (non-hydrogen) atoms. The summed E-state index contributed by atoms with van der Waals surface area (Å²) < 4.78 is 0. The van der Waals surface area contributed by atoms with E-state index in [2.05, 4.69) is 15.2 Å². The Hall–Kier alpha value is -1.04. The van der Waals surface area contributed by atoms with Gasteiger partial charge in [-0.2, -0.15) is 11.8 Å². The first-order chi connectivity index (χ1) is 8.09. The van der Waals surface area contributed by atoms with Gasteiger partial charge in [0.2, 0.25) is 5.82 Å². The number of H-pyrrole nitrogens is 1. The van der Waals surface area contributed by atoms with Crippen LogP contribution in [0.15, 0.2) is 0 Å². The maximum atomic E-state index is 12.1.